The second-order valence-electron chi connectivity index (χ2n) is 3.06. The van der Waals surface area contributed by atoms with Gasteiger partial charge in [0.2, 0.25) is 6.41 Å². The molecule has 64 valence electrons. The van der Waals surface area contributed by atoms with Crippen molar-refractivity contribution < 1.29 is 9.21 Å². The SMILES string of the molecule is O=CN1CCCC1c1ccoc1. The summed E-state index contributed by atoms with van der Waals surface area (Å²) >= 11 is 0. The molecule has 0 saturated carbocycles. The maximum absolute atomic E-state index is 10.6. The zero-order valence-electron chi connectivity index (χ0n) is 6.77. The summed E-state index contributed by atoms with van der Waals surface area (Å²) in [7, 11) is 0. The van der Waals surface area contributed by atoms with Gasteiger partial charge in [0, 0.05) is 12.1 Å². The Morgan fingerprint density at radius 3 is 3.25 bits per heavy atom. The highest BCUT2D eigenvalue weighted by atomic mass is 16.3. The second kappa shape index (κ2) is 3.01. The van der Waals surface area contributed by atoms with Gasteiger partial charge < -0.3 is 9.32 Å². The molecule has 0 spiro atoms. The van der Waals surface area contributed by atoms with Crippen molar-refractivity contribution in [1.82, 2.24) is 4.90 Å². The number of carbonyl (C=O) groups excluding carboxylic acids is 1. The molecule has 12 heavy (non-hydrogen) atoms. The van der Waals surface area contributed by atoms with Gasteiger partial charge >= 0.3 is 0 Å². The number of hydrogen-bond donors (Lipinski definition) is 0. The van der Waals surface area contributed by atoms with Crippen LogP contribution in [0.1, 0.15) is 24.4 Å². The number of likely N-dealkylation sites (tertiary alicyclic amines) is 1. The molecule has 0 aliphatic carbocycles. The first kappa shape index (κ1) is 7.40. The Hall–Kier alpha value is -1.25. The smallest absolute Gasteiger partial charge is 0.210 e. The number of furan rings is 1. The lowest BCUT2D eigenvalue weighted by Crippen LogP contribution is -2.20. The molecule has 1 unspecified atom stereocenters. The Bertz CT molecular complexity index is 256. The Morgan fingerprint density at radius 1 is 1.67 bits per heavy atom. The van der Waals surface area contributed by atoms with E-state index in [0.717, 1.165) is 31.4 Å². The number of amides is 1. The first-order chi connectivity index (χ1) is 5.92. The molecule has 2 heterocycles. The molecule has 0 aromatic carbocycles. The van der Waals surface area contributed by atoms with Crippen LogP contribution < -0.4 is 0 Å². The third kappa shape index (κ3) is 1.11. The van der Waals surface area contributed by atoms with Crippen LogP contribution in [-0.4, -0.2) is 17.9 Å². The van der Waals surface area contributed by atoms with Crippen molar-refractivity contribution in [3.05, 3.63) is 24.2 Å². The molecule has 1 aromatic heterocycles. The lowest BCUT2D eigenvalue weighted by atomic mass is 10.1. The molecule has 0 N–H and O–H groups in total. The van der Waals surface area contributed by atoms with Crippen LogP contribution >= 0.6 is 0 Å². The van der Waals surface area contributed by atoms with E-state index < -0.39 is 0 Å². The second-order valence-corrected chi connectivity index (χ2v) is 3.06. The number of rotatable bonds is 2. The topological polar surface area (TPSA) is 33.5 Å². The predicted molar refractivity (Wildman–Crippen MR) is 43.5 cm³/mol. The first-order valence-electron chi connectivity index (χ1n) is 4.15. The summed E-state index contributed by atoms with van der Waals surface area (Å²) in [6, 6.07) is 2.17. The largest absolute Gasteiger partial charge is 0.472 e. The highest BCUT2D eigenvalue weighted by Gasteiger charge is 2.24. The number of carbonyl (C=O) groups is 1. The van der Waals surface area contributed by atoms with E-state index in [2.05, 4.69) is 0 Å². The minimum absolute atomic E-state index is 0.251. The van der Waals surface area contributed by atoms with E-state index in [0.29, 0.717) is 0 Å². The molecule has 1 aliphatic heterocycles. The third-order valence-corrected chi connectivity index (χ3v) is 2.36. The van der Waals surface area contributed by atoms with Crippen molar-refractivity contribution in [2.24, 2.45) is 0 Å². The van der Waals surface area contributed by atoms with Crippen molar-refractivity contribution in [2.75, 3.05) is 6.54 Å². The van der Waals surface area contributed by atoms with Gasteiger partial charge in [-0.05, 0) is 18.9 Å². The normalized spacial score (nSPS) is 23.0. The summed E-state index contributed by atoms with van der Waals surface area (Å²) in [4.78, 5) is 12.4. The first-order valence-corrected chi connectivity index (χ1v) is 4.15. The number of nitrogens with zero attached hydrogens (tertiary/aromatic N) is 1. The molecule has 0 radical (unpaired) electrons. The quantitative estimate of drug-likeness (QED) is 0.623. The van der Waals surface area contributed by atoms with Gasteiger partial charge in [0.25, 0.3) is 0 Å². The fourth-order valence-electron chi connectivity index (χ4n) is 1.74. The molecule has 2 rings (SSSR count). The van der Waals surface area contributed by atoms with Crippen molar-refractivity contribution in [3.63, 3.8) is 0 Å². The summed E-state index contributed by atoms with van der Waals surface area (Å²) in [5.74, 6) is 0. The molecule has 3 heteroatoms. The average Bonchev–Trinajstić information content (AvgIpc) is 2.74. The molecule has 1 fully saturated rings. The molecule has 0 bridgehead atoms. The highest BCUT2D eigenvalue weighted by molar-refractivity contribution is 5.49. The average molecular weight is 165 g/mol. The minimum Gasteiger partial charge on any atom is -0.472 e. The van der Waals surface area contributed by atoms with Crippen LogP contribution in [0.15, 0.2) is 23.0 Å². The van der Waals surface area contributed by atoms with Crippen LogP contribution in [0.2, 0.25) is 0 Å². The fraction of sp³-hybridized carbons (Fsp3) is 0.444. The number of hydrogen-bond acceptors (Lipinski definition) is 2. The third-order valence-electron chi connectivity index (χ3n) is 2.36. The molecule has 1 aromatic rings. The zero-order valence-corrected chi connectivity index (χ0v) is 6.77. The standard InChI is InChI=1S/C9H11NO2/c11-7-10-4-1-2-9(10)8-3-5-12-6-8/h3,5-7,9H,1-2,4H2. The van der Waals surface area contributed by atoms with Gasteiger partial charge in [-0.15, -0.1) is 0 Å². The van der Waals surface area contributed by atoms with Gasteiger partial charge in [-0.2, -0.15) is 0 Å². The van der Waals surface area contributed by atoms with E-state index in [9.17, 15) is 4.79 Å². The zero-order chi connectivity index (χ0) is 8.39. The van der Waals surface area contributed by atoms with Crippen LogP contribution in [0, 0.1) is 0 Å². The molecule has 1 amide bonds. The maximum atomic E-state index is 10.6. The molecular formula is C9H11NO2. The molecule has 1 saturated heterocycles. The van der Waals surface area contributed by atoms with E-state index in [1.165, 1.54) is 0 Å². The van der Waals surface area contributed by atoms with Crippen LogP contribution in [0.5, 0.6) is 0 Å². The monoisotopic (exact) mass is 165 g/mol. The van der Waals surface area contributed by atoms with Gasteiger partial charge in [-0.3, -0.25) is 4.79 Å². The lowest BCUT2D eigenvalue weighted by Gasteiger charge is -2.17. The highest BCUT2D eigenvalue weighted by Crippen LogP contribution is 2.30. The van der Waals surface area contributed by atoms with Crippen molar-refractivity contribution in [2.45, 2.75) is 18.9 Å². The lowest BCUT2D eigenvalue weighted by molar-refractivity contribution is -0.118. The van der Waals surface area contributed by atoms with Gasteiger partial charge in [0.1, 0.15) is 0 Å². The fourth-order valence-corrected chi connectivity index (χ4v) is 1.74. The summed E-state index contributed by atoms with van der Waals surface area (Å²) in [6.45, 7) is 0.874. The Labute approximate surface area is 71.0 Å². The van der Waals surface area contributed by atoms with E-state index in [-0.39, 0.29) is 6.04 Å². The minimum atomic E-state index is 0.251. The molecule has 1 atom stereocenters. The van der Waals surface area contributed by atoms with E-state index in [4.69, 9.17) is 4.42 Å². The molecular weight excluding hydrogens is 154 g/mol. The van der Waals surface area contributed by atoms with Gasteiger partial charge in [0.15, 0.2) is 0 Å². The van der Waals surface area contributed by atoms with Crippen molar-refractivity contribution in [3.8, 4) is 0 Å². The molecule has 3 nitrogen and oxygen atoms in total. The van der Waals surface area contributed by atoms with Crippen molar-refractivity contribution >= 4 is 6.41 Å². The van der Waals surface area contributed by atoms with Crippen LogP contribution in [-0.2, 0) is 4.79 Å². The summed E-state index contributed by atoms with van der Waals surface area (Å²) < 4.78 is 4.98. The van der Waals surface area contributed by atoms with Crippen LogP contribution in [0.3, 0.4) is 0 Å². The Morgan fingerprint density at radius 2 is 2.58 bits per heavy atom. The Balaban J connectivity index is 2.18. The maximum Gasteiger partial charge on any atom is 0.210 e. The van der Waals surface area contributed by atoms with Gasteiger partial charge in [0.05, 0.1) is 18.6 Å². The summed E-state index contributed by atoms with van der Waals surface area (Å²) in [5, 5.41) is 0. The predicted octanol–water partition coefficient (Wildman–Crippen LogP) is 1.57. The Kier molecular flexibility index (Phi) is 1.86. The molecule has 1 aliphatic rings. The summed E-state index contributed by atoms with van der Waals surface area (Å²) in [6.07, 6.45) is 6.43. The van der Waals surface area contributed by atoms with Crippen molar-refractivity contribution in [1.29, 1.82) is 0 Å². The summed E-state index contributed by atoms with van der Waals surface area (Å²) in [5.41, 5.74) is 1.11. The van der Waals surface area contributed by atoms with Gasteiger partial charge in [-0.1, -0.05) is 0 Å². The van der Waals surface area contributed by atoms with E-state index in [1.807, 2.05) is 11.0 Å². The van der Waals surface area contributed by atoms with E-state index >= 15 is 0 Å². The van der Waals surface area contributed by atoms with Gasteiger partial charge in [-0.25, -0.2) is 0 Å². The van der Waals surface area contributed by atoms with Crippen LogP contribution in [0.25, 0.3) is 0 Å². The van der Waals surface area contributed by atoms with Crippen LogP contribution in [0.4, 0.5) is 0 Å². The van der Waals surface area contributed by atoms with E-state index in [1.54, 1.807) is 12.5 Å².